The maximum absolute atomic E-state index is 12.8. The van der Waals surface area contributed by atoms with Crippen LogP contribution in [0.25, 0.3) is 0 Å². The second-order valence-corrected chi connectivity index (χ2v) is 5.29. The molecule has 0 aliphatic carbocycles. The number of anilines is 3. The van der Waals surface area contributed by atoms with E-state index in [0.717, 1.165) is 6.42 Å². The molecule has 5 nitrogen and oxygen atoms in total. The monoisotopic (exact) mass is 329 g/mol. The molecule has 0 fully saturated rings. The summed E-state index contributed by atoms with van der Waals surface area (Å²) in [7, 11) is 0. The van der Waals surface area contributed by atoms with Crippen LogP contribution in [0, 0.1) is 5.82 Å². The average Bonchev–Trinajstić information content (AvgIpc) is 2.55. The number of carbonyl (C=O) groups excluding carboxylic acids is 2. The minimum absolute atomic E-state index is 0.0536. The molecule has 0 atom stereocenters. The first-order valence-corrected chi connectivity index (χ1v) is 7.76. The minimum atomic E-state index is -0.327. The lowest BCUT2D eigenvalue weighted by molar-refractivity contribution is -0.116. The molecule has 0 heterocycles. The summed E-state index contributed by atoms with van der Waals surface area (Å²) >= 11 is 0. The van der Waals surface area contributed by atoms with Crippen LogP contribution >= 0.6 is 0 Å². The van der Waals surface area contributed by atoms with Crippen LogP contribution in [0.5, 0.6) is 0 Å². The standard InChI is InChI=1S/C18H20FN3O2/c1-2-4-17(23)21-15-5-3-6-16(11-15)22-18(24)12-20-14-9-7-13(19)8-10-14/h3,5-11,20H,2,4,12H2,1H3,(H,21,23)(H,22,24). The van der Waals surface area contributed by atoms with E-state index in [4.69, 9.17) is 0 Å². The van der Waals surface area contributed by atoms with Gasteiger partial charge in [0.2, 0.25) is 11.8 Å². The van der Waals surface area contributed by atoms with Gasteiger partial charge in [0.1, 0.15) is 5.82 Å². The van der Waals surface area contributed by atoms with Gasteiger partial charge in [-0.05, 0) is 48.9 Å². The normalized spacial score (nSPS) is 10.1. The number of benzene rings is 2. The molecular formula is C18H20FN3O2. The van der Waals surface area contributed by atoms with Crippen LogP contribution < -0.4 is 16.0 Å². The van der Waals surface area contributed by atoms with Gasteiger partial charge in [-0.15, -0.1) is 0 Å². The summed E-state index contributed by atoms with van der Waals surface area (Å²) in [5.74, 6) is -0.623. The number of carbonyl (C=O) groups is 2. The van der Waals surface area contributed by atoms with Crippen LogP contribution in [0.3, 0.4) is 0 Å². The van der Waals surface area contributed by atoms with Gasteiger partial charge < -0.3 is 16.0 Å². The molecular weight excluding hydrogens is 309 g/mol. The fraction of sp³-hybridized carbons (Fsp3) is 0.222. The van der Waals surface area contributed by atoms with Crippen LogP contribution in [0.2, 0.25) is 0 Å². The largest absolute Gasteiger partial charge is 0.376 e. The third-order valence-corrected chi connectivity index (χ3v) is 3.20. The number of nitrogens with one attached hydrogen (secondary N) is 3. The summed E-state index contributed by atoms with van der Waals surface area (Å²) in [6.07, 6.45) is 1.23. The lowest BCUT2D eigenvalue weighted by Crippen LogP contribution is -2.21. The second kappa shape index (κ2) is 8.67. The number of hydrogen-bond acceptors (Lipinski definition) is 3. The molecule has 0 saturated carbocycles. The Balaban J connectivity index is 1.87. The summed E-state index contributed by atoms with van der Waals surface area (Å²) < 4.78 is 12.8. The van der Waals surface area contributed by atoms with Gasteiger partial charge in [0.15, 0.2) is 0 Å². The zero-order valence-corrected chi connectivity index (χ0v) is 13.4. The van der Waals surface area contributed by atoms with Gasteiger partial charge in [-0.2, -0.15) is 0 Å². The number of hydrogen-bond donors (Lipinski definition) is 3. The smallest absolute Gasteiger partial charge is 0.243 e. The highest BCUT2D eigenvalue weighted by atomic mass is 19.1. The summed E-state index contributed by atoms with van der Waals surface area (Å²) in [6.45, 7) is 1.99. The van der Waals surface area contributed by atoms with Crippen molar-refractivity contribution in [2.45, 2.75) is 19.8 Å². The van der Waals surface area contributed by atoms with E-state index in [1.165, 1.54) is 12.1 Å². The fourth-order valence-corrected chi connectivity index (χ4v) is 2.08. The van der Waals surface area contributed by atoms with Gasteiger partial charge in [-0.3, -0.25) is 9.59 Å². The van der Waals surface area contributed by atoms with Crippen LogP contribution in [-0.2, 0) is 9.59 Å². The highest BCUT2D eigenvalue weighted by Gasteiger charge is 2.05. The molecule has 2 aromatic carbocycles. The molecule has 2 aromatic rings. The third-order valence-electron chi connectivity index (χ3n) is 3.20. The van der Waals surface area contributed by atoms with Crippen molar-refractivity contribution < 1.29 is 14.0 Å². The van der Waals surface area contributed by atoms with E-state index in [1.807, 2.05) is 6.92 Å². The van der Waals surface area contributed by atoms with Gasteiger partial charge in [0.25, 0.3) is 0 Å². The second-order valence-electron chi connectivity index (χ2n) is 5.29. The molecule has 6 heteroatoms. The summed E-state index contributed by atoms with van der Waals surface area (Å²) in [4.78, 5) is 23.5. The van der Waals surface area contributed by atoms with Crippen molar-refractivity contribution in [3.05, 3.63) is 54.3 Å². The molecule has 0 aliphatic heterocycles. The molecule has 3 N–H and O–H groups in total. The molecule has 2 rings (SSSR count). The van der Waals surface area contributed by atoms with Crippen LogP contribution in [-0.4, -0.2) is 18.4 Å². The molecule has 0 radical (unpaired) electrons. The topological polar surface area (TPSA) is 70.2 Å². The Kier molecular flexibility index (Phi) is 6.31. The van der Waals surface area contributed by atoms with E-state index in [2.05, 4.69) is 16.0 Å². The highest BCUT2D eigenvalue weighted by molar-refractivity contribution is 5.95. The van der Waals surface area contributed by atoms with Crippen molar-refractivity contribution in [1.29, 1.82) is 0 Å². The van der Waals surface area contributed by atoms with E-state index < -0.39 is 0 Å². The molecule has 24 heavy (non-hydrogen) atoms. The first-order chi connectivity index (χ1) is 11.6. The van der Waals surface area contributed by atoms with Crippen molar-refractivity contribution in [2.24, 2.45) is 0 Å². The predicted octanol–water partition coefficient (Wildman–Crippen LogP) is 3.61. The Bertz CT molecular complexity index is 702. The van der Waals surface area contributed by atoms with Gasteiger partial charge >= 0.3 is 0 Å². The fourth-order valence-electron chi connectivity index (χ4n) is 2.08. The van der Waals surface area contributed by atoms with E-state index >= 15 is 0 Å². The maximum atomic E-state index is 12.8. The zero-order valence-electron chi connectivity index (χ0n) is 13.4. The van der Waals surface area contributed by atoms with Crippen molar-refractivity contribution in [3.8, 4) is 0 Å². The molecule has 0 bridgehead atoms. The number of amides is 2. The molecule has 0 spiro atoms. The summed E-state index contributed by atoms with van der Waals surface area (Å²) in [5.41, 5.74) is 1.89. The molecule has 0 saturated heterocycles. The first kappa shape index (κ1) is 17.5. The first-order valence-electron chi connectivity index (χ1n) is 7.76. The van der Waals surface area contributed by atoms with Crippen LogP contribution in [0.15, 0.2) is 48.5 Å². The predicted molar refractivity (Wildman–Crippen MR) is 93.5 cm³/mol. The molecule has 2 amide bonds. The maximum Gasteiger partial charge on any atom is 0.243 e. The average molecular weight is 329 g/mol. The van der Waals surface area contributed by atoms with Gasteiger partial charge in [0.05, 0.1) is 6.54 Å². The van der Waals surface area contributed by atoms with Crippen LogP contribution in [0.1, 0.15) is 19.8 Å². The lowest BCUT2D eigenvalue weighted by Gasteiger charge is -2.10. The van der Waals surface area contributed by atoms with Crippen molar-refractivity contribution in [2.75, 3.05) is 22.5 Å². The quantitative estimate of drug-likeness (QED) is 0.727. The van der Waals surface area contributed by atoms with E-state index in [9.17, 15) is 14.0 Å². The zero-order chi connectivity index (χ0) is 17.4. The Morgan fingerprint density at radius 2 is 1.54 bits per heavy atom. The van der Waals surface area contributed by atoms with E-state index in [1.54, 1.807) is 36.4 Å². The highest BCUT2D eigenvalue weighted by Crippen LogP contribution is 2.15. The van der Waals surface area contributed by atoms with Crippen molar-refractivity contribution in [1.82, 2.24) is 0 Å². The molecule has 126 valence electrons. The van der Waals surface area contributed by atoms with E-state index in [0.29, 0.717) is 23.5 Å². The molecule has 0 unspecified atom stereocenters. The van der Waals surface area contributed by atoms with Crippen molar-refractivity contribution in [3.63, 3.8) is 0 Å². The minimum Gasteiger partial charge on any atom is -0.376 e. The lowest BCUT2D eigenvalue weighted by atomic mass is 10.2. The molecule has 0 aliphatic rings. The Morgan fingerprint density at radius 1 is 0.917 bits per heavy atom. The Morgan fingerprint density at radius 3 is 2.17 bits per heavy atom. The molecule has 0 aromatic heterocycles. The summed E-state index contributed by atoms with van der Waals surface area (Å²) in [6, 6.07) is 12.7. The number of rotatable bonds is 7. The van der Waals surface area contributed by atoms with Crippen molar-refractivity contribution >= 4 is 28.9 Å². The van der Waals surface area contributed by atoms with Gasteiger partial charge in [-0.25, -0.2) is 4.39 Å². The van der Waals surface area contributed by atoms with Gasteiger partial charge in [-0.1, -0.05) is 13.0 Å². The summed E-state index contributed by atoms with van der Waals surface area (Å²) in [5, 5.41) is 8.43. The third kappa shape index (κ3) is 5.72. The SMILES string of the molecule is CCCC(=O)Nc1cccc(NC(=O)CNc2ccc(F)cc2)c1. The van der Waals surface area contributed by atoms with E-state index in [-0.39, 0.29) is 24.2 Å². The number of halogens is 1. The van der Waals surface area contributed by atoms with Crippen LogP contribution in [0.4, 0.5) is 21.5 Å². The van der Waals surface area contributed by atoms with Gasteiger partial charge in [0, 0.05) is 23.5 Å². The Hall–Kier alpha value is -2.89. The Labute approximate surface area is 140 Å².